The van der Waals surface area contributed by atoms with Crippen LogP contribution in [-0.2, 0) is 9.53 Å². The molecule has 39 heavy (non-hydrogen) atoms. The van der Waals surface area contributed by atoms with E-state index in [1.807, 2.05) is 53.6 Å². The van der Waals surface area contributed by atoms with Gasteiger partial charge in [0.1, 0.15) is 4.88 Å². The van der Waals surface area contributed by atoms with Gasteiger partial charge >= 0.3 is 5.97 Å². The first-order chi connectivity index (χ1) is 19.0. The van der Waals surface area contributed by atoms with Crippen molar-refractivity contribution in [3.63, 3.8) is 0 Å². The first-order valence-corrected chi connectivity index (χ1v) is 14.5. The van der Waals surface area contributed by atoms with Gasteiger partial charge in [0.15, 0.2) is 5.65 Å². The third-order valence-electron chi connectivity index (χ3n) is 8.03. The smallest absolute Gasteiger partial charge is 0.348 e. The molecule has 6 rings (SSSR count). The van der Waals surface area contributed by atoms with Gasteiger partial charge in [-0.25, -0.2) is 14.3 Å². The molecule has 1 saturated heterocycles. The summed E-state index contributed by atoms with van der Waals surface area (Å²) < 4.78 is 7.32. The third kappa shape index (κ3) is 5.21. The van der Waals surface area contributed by atoms with Crippen LogP contribution in [0.3, 0.4) is 0 Å². The van der Waals surface area contributed by atoms with Crippen molar-refractivity contribution in [3.8, 4) is 21.7 Å². The summed E-state index contributed by atoms with van der Waals surface area (Å²) in [7, 11) is 0. The number of carbonyl (C=O) groups is 2. The van der Waals surface area contributed by atoms with Crippen LogP contribution in [0, 0.1) is 11.8 Å². The molecule has 4 aromatic rings. The molecule has 1 aliphatic carbocycles. The monoisotopic (exact) mass is 544 g/mol. The van der Waals surface area contributed by atoms with Crippen LogP contribution in [0.1, 0.15) is 55.1 Å². The maximum atomic E-state index is 14.0. The predicted molar refractivity (Wildman–Crippen MR) is 151 cm³/mol. The zero-order chi connectivity index (χ0) is 26.9. The number of carboxylic acid groups (broad SMARTS) is 1. The van der Waals surface area contributed by atoms with E-state index in [1.54, 1.807) is 10.7 Å². The molecule has 9 heteroatoms. The summed E-state index contributed by atoms with van der Waals surface area (Å²) >= 11 is 1.23. The van der Waals surface area contributed by atoms with E-state index in [2.05, 4.69) is 17.0 Å². The number of ether oxygens (including phenoxy) is 1. The highest BCUT2D eigenvalue weighted by molar-refractivity contribution is 7.18. The molecule has 202 valence electrons. The summed E-state index contributed by atoms with van der Waals surface area (Å²) in [5.41, 5.74) is 3.97. The van der Waals surface area contributed by atoms with Gasteiger partial charge in [-0.2, -0.15) is 5.10 Å². The van der Waals surface area contributed by atoms with Crippen LogP contribution in [0.25, 0.3) is 27.3 Å². The van der Waals surface area contributed by atoms with Crippen molar-refractivity contribution < 1.29 is 19.4 Å². The number of aromatic carboxylic acids is 1. The van der Waals surface area contributed by atoms with Crippen LogP contribution < -0.4 is 4.90 Å². The van der Waals surface area contributed by atoms with Crippen molar-refractivity contribution in [2.45, 2.75) is 51.5 Å². The van der Waals surface area contributed by atoms with E-state index in [9.17, 15) is 14.7 Å². The van der Waals surface area contributed by atoms with Gasteiger partial charge in [-0.05, 0) is 62.1 Å². The molecule has 1 amide bonds. The zero-order valence-electron chi connectivity index (χ0n) is 22.0. The van der Waals surface area contributed by atoms with Gasteiger partial charge < -0.3 is 14.7 Å². The van der Waals surface area contributed by atoms with E-state index in [-0.39, 0.29) is 22.7 Å². The Kier molecular flexibility index (Phi) is 7.18. The topological polar surface area (TPSA) is 97.0 Å². The molecule has 1 aromatic carbocycles. The second kappa shape index (κ2) is 10.9. The Morgan fingerprint density at radius 1 is 1.03 bits per heavy atom. The quantitative estimate of drug-likeness (QED) is 0.312. The number of carboxylic acids is 1. The Balaban J connectivity index is 1.34. The van der Waals surface area contributed by atoms with Crippen LogP contribution in [0.5, 0.6) is 0 Å². The van der Waals surface area contributed by atoms with Crippen molar-refractivity contribution in [2.24, 2.45) is 11.8 Å². The number of hydrogen-bond donors (Lipinski definition) is 1. The number of carbonyl (C=O) groups excluding carboxylic acids is 1. The fraction of sp³-hybridized carbons (Fsp3) is 0.400. The molecular formula is C30H32N4O4S. The second-order valence-corrected chi connectivity index (χ2v) is 11.7. The van der Waals surface area contributed by atoms with Crippen molar-refractivity contribution in [3.05, 3.63) is 59.7 Å². The maximum absolute atomic E-state index is 14.0. The van der Waals surface area contributed by atoms with Crippen LogP contribution in [0.4, 0.5) is 5.69 Å². The summed E-state index contributed by atoms with van der Waals surface area (Å²) in [4.78, 5) is 33.6. The molecule has 8 nitrogen and oxygen atoms in total. The van der Waals surface area contributed by atoms with E-state index in [0.29, 0.717) is 37.7 Å². The minimum atomic E-state index is -1.00. The van der Waals surface area contributed by atoms with Gasteiger partial charge in [-0.15, -0.1) is 11.3 Å². The average Bonchev–Trinajstić information content (AvgIpc) is 3.60. The standard InChI is InChI=1S/C30H32N4O4S/c1-19-3-5-22(6-4-19)29(35)34(23-11-15-38-16-12-23)25-18-26(39-28(25)30(36)37)21-9-7-20(8-10-21)24-17-27-31-13-2-14-33(27)32-24/h2,7-10,13-14,17-19,22-23H,3-6,11-12,15-16H2,1H3,(H,36,37). The Morgan fingerprint density at radius 3 is 2.44 bits per heavy atom. The highest BCUT2D eigenvalue weighted by Crippen LogP contribution is 2.41. The summed E-state index contributed by atoms with van der Waals surface area (Å²) in [6, 6.07) is 13.6. The lowest BCUT2D eigenvalue weighted by molar-refractivity contribution is -0.124. The van der Waals surface area contributed by atoms with Crippen LogP contribution in [0.15, 0.2) is 54.9 Å². The average molecular weight is 545 g/mol. The Bertz CT molecular complexity index is 1450. The Hall–Kier alpha value is -3.56. The highest BCUT2D eigenvalue weighted by atomic mass is 32.1. The fourth-order valence-corrected chi connectivity index (χ4v) is 6.77. The lowest BCUT2D eigenvalue weighted by Crippen LogP contribution is -2.47. The van der Waals surface area contributed by atoms with E-state index < -0.39 is 5.97 Å². The molecule has 0 spiro atoms. The molecule has 0 radical (unpaired) electrons. The SMILES string of the molecule is CC1CCC(C(=O)N(c2cc(-c3ccc(-c4cc5ncccn5n4)cc3)sc2C(=O)O)C2CCOCC2)CC1. The number of benzene rings is 1. The fourth-order valence-electron chi connectivity index (χ4n) is 5.77. The van der Waals surface area contributed by atoms with E-state index >= 15 is 0 Å². The Labute approximate surface area is 231 Å². The lowest BCUT2D eigenvalue weighted by atomic mass is 9.82. The zero-order valence-corrected chi connectivity index (χ0v) is 22.8. The number of aromatic nitrogens is 3. The normalized spacial score (nSPS) is 20.2. The number of thiophene rings is 1. The minimum Gasteiger partial charge on any atom is -0.477 e. The molecule has 0 bridgehead atoms. The van der Waals surface area contributed by atoms with Crippen molar-refractivity contribution in [1.82, 2.24) is 14.6 Å². The molecule has 2 aliphatic rings. The number of rotatable bonds is 6. The van der Waals surface area contributed by atoms with E-state index in [1.165, 1.54) is 11.3 Å². The van der Waals surface area contributed by atoms with Crippen LogP contribution in [0.2, 0.25) is 0 Å². The highest BCUT2D eigenvalue weighted by Gasteiger charge is 2.36. The van der Waals surface area contributed by atoms with Gasteiger partial charge in [0.25, 0.3) is 0 Å². The number of anilines is 1. The van der Waals surface area contributed by atoms with Gasteiger partial charge in [-0.3, -0.25) is 4.79 Å². The van der Waals surface area contributed by atoms with Crippen molar-refractivity contribution >= 4 is 34.5 Å². The molecule has 0 unspecified atom stereocenters. The van der Waals surface area contributed by atoms with Crippen molar-refractivity contribution in [2.75, 3.05) is 18.1 Å². The van der Waals surface area contributed by atoms with Gasteiger partial charge in [-0.1, -0.05) is 31.2 Å². The molecule has 3 aromatic heterocycles. The number of nitrogens with zero attached hydrogens (tertiary/aromatic N) is 4. The van der Waals surface area contributed by atoms with Gasteiger partial charge in [0.05, 0.1) is 11.4 Å². The van der Waals surface area contributed by atoms with Gasteiger partial charge in [0.2, 0.25) is 5.91 Å². The maximum Gasteiger partial charge on any atom is 0.348 e. The molecule has 1 aliphatic heterocycles. The lowest BCUT2D eigenvalue weighted by Gasteiger charge is -2.37. The van der Waals surface area contributed by atoms with E-state index in [0.717, 1.165) is 53.0 Å². The van der Waals surface area contributed by atoms with Gasteiger partial charge in [0, 0.05) is 54.1 Å². The Morgan fingerprint density at radius 2 is 1.74 bits per heavy atom. The molecule has 2 fully saturated rings. The molecule has 0 atom stereocenters. The molecule has 4 heterocycles. The van der Waals surface area contributed by atoms with Crippen LogP contribution >= 0.6 is 11.3 Å². The molecular weight excluding hydrogens is 512 g/mol. The minimum absolute atomic E-state index is 0.0582. The van der Waals surface area contributed by atoms with Crippen molar-refractivity contribution in [1.29, 1.82) is 0 Å². The van der Waals surface area contributed by atoms with E-state index in [4.69, 9.17) is 4.74 Å². The number of hydrogen-bond acceptors (Lipinski definition) is 6. The largest absolute Gasteiger partial charge is 0.477 e. The second-order valence-electron chi connectivity index (χ2n) is 10.7. The summed E-state index contributed by atoms with van der Waals surface area (Å²) in [5.74, 6) is -0.366. The summed E-state index contributed by atoms with van der Waals surface area (Å²) in [5, 5.41) is 14.8. The predicted octanol–water partition coefficient (Wildman–Crippen LogP) is 6.16. The summed E-state index contributed by atoms with van der Waals surface area (Å²) in [6.07, 6.45) is 8.81. The molecule has 1 saturated carbocycles. The number of fused-ring (bicyclic) bond motifs is 1. The van der Waals surface area contributed by atoms with Crippen LogP contribution in [-0.4, -0.2) is 50.8 Å². The summed E-state index contributed by atoms with van der Waals surface area (Å²) in [6.45, 7) is 3.40. The first kappa shape index (κ1) is 25.7. The number of amides is 1. The first-order valence-electron chi connectivity index (χ1n) is 13.7. The third-order valence-corrected chi connectivity index (χ3v) is 9.19. The molecule has 1 N–H and O–H groups in total.